The smallest absolute Gasteiger partial charge is 0.139 e. The molecule has 0 bridgehead atoms. The Bertz CT molecular complexity index is 288. The van der Waals surface area contributed by atoms with Gasteiger partial charge in [-0.1, -0.05) is 35.5 Å². The van der Waals surface area contributed by atoms with Crippen molar-refractivity contribution in [2.45, 2.75) is 31.8 Å². The summed E-state index contributed by atoms with van der Waals surface area (Å²) in [6.45, 7) is 0. The molecule has 1 aromatic rings. The average Bonchev–Trinajstić information content (AvgIpc) is 2.72. The van der Waals surface area contributed by atoms with E-state index < -0.39 is 0 Å². The minimum atomic E-state index is 0.325. The van der Waals surface area contributed by atoms with E-state index in [2.05, 4.69) is 11.4 Å². The SMILES string of the molecule is [C](=N\OC1CCCC1)/c1ccccc1. The van der Waals surface area contributed by atoms with Gasteiger partial charge in [0.05, 0.1) is 0 Å². The van der Waals surface area contributed by atoms with Crippen LogP contribution in [-0.4, -0.2) is 12.3 Å². The summed E-state index contributed by atoms with van der Waals surface area (Å²) in [5, 5.41) is 3.87. The Morgan fingerprint density at radius 1 is 1.14 bits per heavy atom. The van der Waals surface area contributed by atoms with Gasteiger partial charge in [-0.2, -0.15) is 0 Å². The molecule has 1 aliphatic carbocycles. The van der Waals surface area contributed by atoms with Crippen molar-refractivity contribution in [2.75, 3.05) is 0 Å². The summed E-state index contributed by atoms with van der Waals surface area (Å²) in [7, 11) is 0. The molecule has 2 heteroatoms. The molecule has 2 rings (SSSR count). The van der Waals surface area contributed by atoms with Crippen molar-refractivity contribution in [3.63, 3.8) is 0 Å². The van der Waals surface area contributed by atoms with Gasteiger partial charge in [-0.05, 0) is 25.7 Å². The monoisotopic (exact) mass is 188 g/mol. The van der Waals surface area contributed by atoms with Gasteiger partial charge in [0.2, 0.25) is 0 Å². The summed E-state index contributed by atoms with van der Waals surface area (Å²) in [4.78, 5) is 5.32. The van der Waals surface area contributed by atoms with Gasteiger partial charge in [-0.15, -0.1) is 0 Å². The third kappa shape index (κ3) is 2.59. The topological polar surface area (TPSA) is 21.6 Å². The van der Waals surface area contributed by atoms with Crippen LogP contribution in [0.25, 0.3) is 0 Å². The van der Waals surface area contributed by atoms with Crippen molar-refractivity contribution in [3.05, 3.63) is 35.9 Å². The first-order chi connectivity index (χ1) is 6.95. The maximum Gasteiger partial charge on any atom is 0.139 e. The zero-order chi connectivity index (χ0) is 9.64. The van der Waals surface area contributed by atoms with Gasteiger partial charge in [0.15, 0.2) is 0 Å². The van der Waals surface area contributed by atoms with Crippen LogP contribution in [-0.2, 0) is 4.84 Å². The van der Waals surface area contributed by atoms with Gasteiger partial charge in [0, 0.05) is 5.56 Å². The van der Waals surface area contributed by atoms with Crippen LogP contribution < -0.4 is 0 Å². The van der Waals surface area contributed by atoms with Gasteiger partial charge in [-0.25, -0.2) is 0 Å². The molecular formula is C12H14NO. The molecule has 0 atom stereocenters. The molecule has 0 N–H and O–H groups in total. The van der Waals surface area contributed by atoms with Gasteiger partial charge < -0.3 is 4.84 Å². The quantitative estimate of drug-likeness (QED) is 0.528. The molecule has 1 saturated carbocycles. The highest BCUT2D eigenvalue weighted by Crippen LogP contribution is 2.20. The fourth-order valence-corrected chi connectivity index (χ4v) is 1.66. The molecule has 0 amide bonds. The lowest BCUT2D eigenvalue weighted by Gasteiger charge is -2.04. The second-order valence-corrected chi connectivity index (χ2v) is 3.58. The standard InChI is InChI=1S/C12H14NO/c1-2-6-11(7-3-1)10-13-14-12-8-4-5-9-12/h1-3,6-7,12H,4-5,8-9H2. The van der Waals surface area contributed by atoms with E-state index >= 15 is 0 Å². The van der Waals surface area contributed by atoms with E-state index in [1.807, 2.05) is 30.3 Å². The minimum Gasteiger partial charge on any atom is -0.392 e. The van der Waals surface area contributed by atoms with Crippen LogP contribution >= 0.6 is 0 Å². The number of nitrogens with zero attached hydrogens (tertiary/aromatic N) is 1. The van der Waals surface area contributed by atoms with E-state index in [1.165, 1.54) is 12.8 Å². The molecule has 0 aliphatic heterocycles. The first kappa shape index (κ1) is 9.25. The van der Waals surface area contributed by atoms with E-state index in [4.69, 9.17) is 4.84 Å². The van der Waals surface area contributed by atoms with Crippen LogP contribution in [0.15, 0.2) is 35.5 Å². The molecular weight excluding hydrogens is 174 g/mol. The predicted octanol–water partition coefficient (Wildman–Crippen LogP) is 2.86. The van der Waals surface area contributed by atoms with Crippen molar-refractivity contribution in [1.29, 1.82) is 0 Å². The van der Waals surface area contributed by atoms with Crippen molar-refractivity contribution in [1.82, 2.24) is 0 Å². The second-order valence-electron chi connectivity index (χ2n) is 3.58. The largest absolute Gasteiger partial charge is 0.392 e. The maximum atomic E-state index is 5.32. The highest BCUT2D eigenvalue weighted by Gasteiger charge is 2.15. The Hall–Kier alpha value is -1.31. The number of rotatable bonds is 3. The van der Waals surface area contributed by atoms with E-state index in [0.29, 0.717) is 6.10 Å². The lowest BCUT2D eigenvalue weighted by atomic mass is 10.2. The van der Waals surface area contributed by atoms with Crippen LogP contribution in [0.1, 0.15) is 31.2 Å². The molecule has 0 spiro atoms. The molecule has 0 aromatic heterocycles. The van der Waals surface area contributed by atoms with E-state index in [9.17, 15) is 0 Å². The number of hydrogen-bond acceptors (Lipinski definition) is 2. The summed E-state index contributed by atoms with van der Waals surface area (Å²) in [5.41, 5.74) is 0.963. The molecule has 73 valence electrons. The van der Waals surface area contributed by atoms with E-state index in [0.717, 1.165) is 18.4 Å². The lowest BCUT2D eigenvalue weighted by molar-refractivity contribution is 0.0657. The van der Waals surface area contributed by atoms with Crippen molar-refractivity contribution >= 4 is 6.21 Å². The van der Waals surface area contributed by atoms with Crippen molar-refractivity contribution in [3.8, 4) is 0 Å². The third-order valence-electron chi connectivity index (χ3n) is 2.45. The van der Waals surface area contributed by atoms with Gasteiger partial charge >= 0.3 is 0 Å². The fourth-order valence-electron chi connectivity index (χ4n) is 1.66. The lowest BCUT2D eigenvalue weighted by Crippen LogP contribution is -2.02. The molecule has 1 fully saturated rings. The summed E-state index contributed by atoms with van der Waals surface area (Å²) < 4.78 is 0. The Morgan fingerprint density at radius 3 is 2.57 bits per heavy atom. The van der Waals surface area contributed by atoms with Gasteiger partial charge in [0.25, 0.3) is 0 Å². The molecule has 1 aromatic carbocycles. The number of hydrogen-bond donors (Lipinski definition) is 0. The Balaban J connectivity index is 1.82. The summed E-state index contributed by atoms with van der Waals surface area (Å²) in [5.74, 6) is 0. The Kier molecular flexibility index (Phi) is 3.17. The maximum absolute atomic E-state index is 5.32. The molecule has 14 heavy (non-hydrogen) atoms. The Labute approximate surface area is 84.6 Å². The predicted molar refractivity (Wildman–Crippen MR) is 56.3 cm³/mol. The molecule has 1 aliphatic rings. The van der Waals surface area contributed by atoms with Gasteiger partial charge in [0.1, 0.15) is 12.3 Å². The molecule has 0 saturated heterocycles. The van der Waals surface area contributed by atoms with Crippen LogP contribution in [0.5, 0.6) is 0 Å². The Morgan fingerprint density at radius 2 is 1.86 bits per heavy atom. The normalized spacial score (nSPS) is 17.7. The van der Waals surface area contributed by atoms with Crippen LogP contribution in [0, 0.1) is 0 Å². The highest BCUT2D eigenvalue weighted by molar-refractivity contribution is 5.78. The third-order valence-corrected chi connectivity index (χ3v) is 2.45. The van der Waals surface area contributed by atoms with Crippen molar-refractivity contribution < 1.29 is 4.84 Å². The van der Waals surface area contributed by atoms with Crippen LogP contribution in [0.3, 0.4) is 0 Å². The van der Waals surface area contributed by atoms with Crippen molar-refractivity contribution in [2.24, 2.45) is 5.16 Å². The first-order valence-electron chi connectivity index (χ1n) is 5.12. The highest BCUT2D eigenvalue weighted by atomic mass is 16.6. The summed E-state index contributed by atoms with van der Waals surface area (Å²) in [6, 6.07) is 9.83. The van der Waals surface area contributed by atoms with Crippen LogP contribution in [0.4, 0.5) is 0 Å². The second kappa shape index (κ2) is 4.80. The zero-order valence-electron chi connectivity index (χ0n) is 8.15. The molecule has 1 radical (unpaired) electrons. The first-order valence-corrected chi connectivity index (χ1v) is 5.12. The zero-order valence-corrected chi connectivity index (χ0v) is 8.15. The molecule has 2 nitrogen and oxygen atoms in total. The van der Waals surface area contributed by atoms with E-state index in [1.54, 1.807) is 0 Å². The number of benzene rings is 1. The minimum absolute atomic E-state index is 0.325. The fraction of sp³-hybridized carbons (Fsp3) is 0.417. The van der Waals surface area contributed by atoms with Gasteiger partial charge in [-0.3, -0.25) is 0 Å². The summed E-state index contributed by atoms with van der Waals surface area (Å²) >= 11 is 0. The summed E-state index contributed by atoms with van der Waals surface area (Å²) in [6.07, 6.45) is 8.02. The van der Waals surface area contributed by atoms with Crippen LogP contribution in [0.2, 0.25) is 0 Å². The molecule has 0 heterocycles. The van der Waals surface area contributed by atoms with E-state index in [-0.39, 0.29) is 0 Å². The average molecular weight is 188 g/mol. The molecule has 0 unspecified atom stereocenters.